The molecule has 116 valence electrons. The Labute approximate surface area is 130 Å². The molecule has 0 radical (unpaired) electrons. The fourth-order valence-corrected chi connectivity index (χ4v) is 3.03. The molecule has 1 N–H and O–H groups in total. The SMILES string of the molecule is CCc1ccc(NS(=O)(=O)c2cccc(C(=O)OC)c2)cc1. The Morgan fingerprint density at radius 2 is 1.82 bits per heavy atom. The summed E-state index contributed by atoms with van der Waals surface area (Å²) in [7, 11) is -2.51. The molecule has 0 fully saturated rings. The van der Waals surface area contributed by atoms with E-state index >= 15 is 0 Å². The molecule has 0 aromatic heterocycles. The molecule has 0 spiro atoms. The number of nitrogens with one attached hydrogen (secondary N) is 1. The van der Waals surface area contributed by atoms with Crippen LogP contribution in [-0.4, -0.2) is 21.5 Å². The van der Waals surface area contributed by atoms with Gasteiger partial charge in [0.2, 0.25) is 0 Å². The maximum atomic E-state index is 12.4. The zero-order valence-electron chi connectivity index (χ0n) is 12.4. The minimum atomic E-state index is -3.75. The third-order valence-corrected chi connectivity index (χ3v) is 4.56. The predicted octanol–water partition coefficient (Wildman–Crippen LogP) is 2.84. The van der Waals surface area contributed by atoms with E-state index in [0.29, 0.717) is 5.69 Å². The smallest absolute Gasteiger partial charge is 0.337 e. The van der Waals surface area contributed by atoms with Gasteiger partial charge in [-0.1, -0.05) is 25.1 Å². The van der Waals surface area contributed by atoms with Crippen molar-refractivity contribution in [1.29, 1.82) is 0 Å². The number of carbonyl (C=O) groups is 1. The maximum Gasteiger partial charge on any atom is 0.337 e. The number of aryl methyl sites for hydroxylation is 1. The summed E-state index contributed by atoms with van der Waals surface area (Å²) >= 11 is 0. The minimum Gasteiger partial charge on any atom is -0.465 e. The zero-order chi connectivity index (χ0) is 16.2. The number of ether oxygens (including phenoxy) is 1. The van der Waals surface area contributed by atoms with Crippen molar-refractivity contribution >= 4 is 21.7 Å². The zero-order valence-corrected chi connectivity index (χ0v) is 13.2. The summed E-state index contributed by atoms with van der Waals surface area (Å²) in [6, 6.07) is 12.9. The molecule has 2 aromatic carbocycles. The number of anilines is 1. The molecule has 0 aliphatic carbocycles. The molecule has 0 saturated carbocycles. The van der Waals surface area contributed by atoms with E-state index in [0.717, 1.165) is 12.0 Å². The van der Waals surface area contributed by atoms with Crippen molar-refractivity contribution in [3.05, 3.63) is 59.7 Å². The summed E-state index contributed by atoms with van der Waals surface area (Å²) in [4.78, 5) is 11.5. The van der Waals surface area contributed by atoms with Gasteiger partial charge in [0.25, 0.3) is 10.0 Å². The molecule has 0 heterocycles. The fraction of sp³-hybridized carbons (Fsp3) is 0.188. The Kier molecular flexibility index (Phi) is 4.82. The predicted molar refractivity (Wildman–Crippen MR) is 84.4 cm³/mol. The Bertz CT molecular complexity index is 767. The standard InChI is InChI=1S/C16H17NO4S/c1-3-12-7-9-14(10-8-12)17-22(19,20)15-6-4-5-13(11-15)16(18)21-2/h4-11,17H,3H2,1-2H3. The Morgan fingerprint density at radius 3 is 2.41 bits per heavy atom. The summed E-state index contributed by atoms with van der Waals surface area (Å²) in [5.74, 6) is -0.579. The number of methoxy groups -OCH3 is 1. The van der Waals surface area contributed by atoms with Crippen LogP contribution in [0.4, 0.5) is 5.69 Å². The van der Waals surface area contributed by atoms with Crippen LogP contribution in [0.1, 0.15) is 22.8 Å². The van der Waals surface area contributed by atoms with Crippen LogP contribution in [0.15, 0.2) is 53.4 Å². The van der Waals surface area contributed by atoms with Gasteiger partial charge in [0.1, 0.15) is 0 Å². The van der Waals surface area contributed by atoms with Crippen molar-refractivity contribution < 1.29 is 17.9 Å². The van der Waals surface area contributed by atoms with Gasteiger partial charge in [-0.15, -0.1) is 0 Å². The maximum absolute atomic E-state index is 12.4. The molecule has 0 aliphatic rings. The molecule has 2 aromatic rings. The molecule has 0 saturated heterocycles. The van der Waals surface area contributed by atoms with E-state index in [2.05, 4.69) is 9.46 Å². The van der Waals surface area contributed by atoms with E-state index in [1.54, 1.807) is 12.1 Å². The first-order valence-electron chi connectivity index (χ1n) is 6.76. The highest BCUT2D eigenvalue weighted by atomic mass is 32.2. The lowest BCUT2D eigenvalue weighted by Crippen LogP contribution is -2.14. The van der Waals surface area contributed by atoms with Gasteiger partial charge >= 0.3 is 5.97 Å². The van der Waals surface area contributed by atoms with E-state index in [1.807, 2.05) is 19.1 Å². The number of sulfonamides is 1. The molecule has 0 aliphatic heterocycles. The van der Waals surface area contributed by atoms with Crippen molar-refractivity contribution in [2.24, 2.45) is 0 Å². The molecular formula is C16H17NO4S. The first kappa shape index (κ1) is 16.0. The van der Waals surface area contributed by atoms with E-state index in [-0.39, 0.29) is 10.5 Å². The van der Waals surface area contributed by atoms with Crippen LogP contribution in [0.5, 0.6) is 0 Å². The van der Waals surface area contributed by atoms with Gasteiger partial charge in [0, 0.05) is 5.69 Å². The van der Waals surface area contributed by atoms with Gasteiger partial charge in [0.05, 0.1) is 17.6 Å². The number of benzene rings is 2. The van der Waals surface area contributed by atoms with Crippen molar-refractivity contribution in [3.8, 4) is 0 Å². The van der Waals surface area contributed by atoms with Crippen LogP contribution < -0.4 is 4.72 Å². The highest BCUT2D eigenvalue weighted by molar-refractivity contribution is 7.92. The van der Waals surface area contributed by atoms with Crippen LogP contribution in [0.2, 0.25) is 0 Å². The molecular weight excluding hydrogens is 302 g/mol. The first-order valence-corrected chi connectivity index (χ1v) is 8.24. The van der Waals surface area contributed by atoms with Crippen molar-refractivity contribution in [1.82, 2.24) is 0 Å². The van der Waals surface area contributed by atoms with Crippen molar-refractivity contribution in [2.75, 3.05) is 11.8 Å². The van der Waals surface area contributed by atoms with Gasteiger partial charge in [-0.05, 0) is 42.3 Å². The molecule has 0 atom stereocenters. The number of hydrogen-bond donors (Lipinski definition) is 1. The number of carbonyl (C=O) groups excluding carboxylic acids is 1. The second-order valence-electron chi connectivity index (χ2n) is 4.68. The Morgan fingerprint density at radius 1 is 1.14 bits per heavy atom. The Hall–Kier alpha value is -2.34. The van der Waals surface area contributed by atoms with Crippen molar-refractivity contribution in [2.45, 2.75) is 18.2 Å². The summed E-state index contributed by atoms with van der Waals surface area (Å²) in [5, 5.41) is 0. The van der Waals surface area contributed by atoms with Crippen LogP contribution in [0.25, 0.3) is 0 Å². The number of hydrogen-bond acceptors (Lipinski definition) is 4. The van der Waals surface area contributed by atoms with E-state index in [1.165, 1.54) is 31.4 Å². The van der Waals surface area contributed by atoms with Gasteiger partial charge < -0.3 is 4.74 Å². The lowest BCUT2D eigenvalue weighted by molar-refractivity contribution is 0.0600. The number of rotatable bonds is 5. The van der Waals surface area contributed by atoms with Crippen LogP contribution in [0, 0.1) is 0 Å². The van der Waals surface area contributed by atoms with Crippen LogP contribution in [-0.2, 0) is 21.2 Å². The highest BCUT2D eigenvalue weighted by Gasteiger charge is 2.16. The summed E-state index contributed by atoms with van der Waals surface area (Å²) in [6.45, 7) is 2.03. The number of esters is 1. The molecule has 6 heteroatoms. The van der Waals surface area contributed by atoms with Gasteiger partial charge in [-0.25, -0.2) is 13.2 Å². The molecule has 0 amide bonds. The molecule has 5 nitrogen and oxygen atoms in total. The third kappa shape index (κ3) is 3.65. The summed E-state index contributed by atoms with van der Waals surface area (Å²) in [5.41, 5.74) is 1.78. The monoisotopic (exact) mass is 319 g/mol. The fourth-order valence-electron chi connectivity index (χ4n) is 1.93. The topological polar surface area (TPSA) is 72.5 Å². The average molecular weight is 319 g/mol. The van der Waals surface area contributed by atoms with E-state index in [4.69, 9.17) is 0 Å². The first-order chi connectivity index (χ1) is 10.5. The summed E-state index contributed by atoms with van der Waals surface area (Å²) < 4.78 is 31.8. The molecule has 22 heavy (non-hydrogen) atoms. The van der Waals surface area contributed by atoms with E-state index in [9.17, 15) is 13.2 Å². The minimum absolute atomic E-state index is 0.00923. The van der Waals surface area contributed by atoms with E-state index < -0.39 is 16.0 Å². The molecule has 0 bridgehead atoms. The Balaban J connectivity index is 2.27. The van der Waals surface area contributed by atoms with Gasteiger partial charge in [-0.2, -0.15) is 0 Å². The van der Waals surface area contributed by atoms with Crippen LogP contribution >= 0.6 is 0 Å². The quantitative estimate of drug-likeness (QED) is 0.860. The highest BCUT2D eigenvalue weighted by Crippen LogP contribution is 2.18. The molecule has 2 rings (SSSR count). The molecule has 0 unspecified atom stereocenters. The third-order valence-electron chi connectivity index (χ3n) is 3.18. The van der Waals surface area contributed by atoms with Crippen LogP contribution in [0.3, 0.4) is 0 Å². The normalized spacial score (nSPS) is 11.0. The lowest BCUT2D eigenvalue weighted by atomic mass is 10.2. The second-order valence-corrected chi connectivity index (χ2v) is 6.36. The lowest BCUT2D eigenvalue weighted by Gasteiger charge is -2.09. The second kappa shape index (κ2) is 6.62. The van der Waals surface area contributed by atoms with Gasteiger partial charge in [-0.3, -0.25) is 4.72 Å². The average Bonchev–Trinajstić information content (AvgIpc) is 2.54. The van der Waals surface area contributed by atoms with Crippen molar-refractivity contribution in [3.63, 3.8) is 0 Å². The largest absolute Gasteiger partial charge is 0.465 e. The summed E-state index contributed by atoms with van der Waals surface area (Å²) in [6.07, 6.45) is 0.883. The van der Waals surface area contributed by atoms with Gasteiger partial charge in [0.15, 0.2) is 0 Å².